The third-order valence-corrected chi connectivity index (χ3v) is 7.84. The number of H-pyrrole nitrogens is 1. The summed E-state index contributed by atoms with van der Waals surface area (Å²) >= 11 is 12.6. The maximum atomic E-state index is 13.1. The summed E-state index contributed by atoms with van der Waals surface area (Å²) in [5.74, 6) is 0.559. The fourth-order valence-corrected chi connectivity index (χ4v) is 5.89. The topological polar surface area (TPSA) is 84.6 Å². The van der Waals surface area contributed by atoms with E-state index in [1.165, 1.54) is 0 Å². The van der Waals surface area contributed by atoms with Crippen molar-refractivity contribution in [3.05, 3.63) is 57.8 Å². The largest absolute Gasteiger partial charge is 0.355 e. The zero-order chi connectivity index (χ0) is 25.4. The number of amides is 2. The molecule has 2 amide bonds. The van der Waals surface area contributed by atoms with Gasteiger partial charge in [-0.15, -0.1) is 0 Å². The number of aromatic amines is 1. The number of likely N-dealkylation sites (tertiary alicyclic amines) is 1. The minimum absolute atomic E-state index is 0.0413. The number of piperazine rings is 1. The Morgan fingerprint density at radius 1 is 1.08 bits per heavy atom. The molecular formula is C26H30Cl2N6O2. The van der Waals surface area contributed by atoms with E-state index < -0.39 is 0 Å². The van der Waals surface area contributed by atoms with Crippen LogP contribution < -0.4 is 10.2 Å². The van der Waals surface area contributed by atoms with Gasteiger partial charge in [0.05, 0.1) is 10.6 Å². The van der Waals surface area contributed by atoms with Crippen LogP contribution in [0.5, 0.6) is 0 Å². The molecule has 5 rings (SSSR count). The lowest BCUT2D eigenvalue weighted by molar-refractivity contribution is 0.0521. The van der Waals surface area contributed by atoms with Crippen LogP contribution in [0.2, 0.25) is 10.0 Å². The van der Waals surface area contributed by atoms with E-state index in [2.05, 4.69) is 32.0 Å². The van der Waals surface area contributed by atoms with Gasteiger partial charge in [-0.1, -0.05) is 23.2 Å². The van der Waals surface area contributed by atoms with Crippen LogP contribution >= 0.6 is 23.2 Å². The second-order valence-electron chi connectivity index (χ2n) is 9.58. The number of fused-ring (bicyclic) bond motifs is 1. The molecule has 2 saturated heterocycles. The summed E-state index contributed by atoms with van der Waals surface area (Å²) in [6, 6.07) is 9.92. The average Bonchev–Trinajstić information content (AvgIpc) is 3.31. The molecule has 190 valence electrons. The zero-order valence-corrected chi connectivity index (χ0v) is 21.9. The number of nitrogens with one attached hydrogen (secondary N) is 2. The first-order valence-electron chi connectivity index (χ1n) is 12.3. The fraction of sp³-hybridized carbons (Fsp3) is 0.423. The normalized spacial score (nSPS) is 19.6. The Morgan fingerprint density at radius 3 is 2.56 bits per heavy atom. The number of benzene rings is 1. The molecule has 10 heteroatoms. The Bertz CT molecular complexity index is 1290. The van der Waals surface area contributed by atoms with Crippen LogP contribution in [-0.2, 0) is 0 Å². The molecule has 0 unspecified atom stereocenters. The van der Waals surface area contributed by atoms with Crippen LogP contribution in [0.3, 0.4) is 0 Å². The van der Waals surface area contributed by atoms with Gasteiger partial charge in [-0.05, 0) is 50.1 Å². The zero-order valence-electron chi connectivity index (χ0n) is 20.4. The van der Waals surface area contributed by atoms with Gasteiger partial charge in [0.1, 0.15) is 11.5 Å². The third-order valence-electron chi connectivity index (χ3n) is 7.32. The number of halogens is 2. The number of rotatable bonds is 4. The van der Waals surface area contributed by atoms with Gasteiger partial charge in [0.2, 0.25) is 0 Å². The van der Waals surface area contributed by atoms with E-state index in [0.29, 0.717) is 33.4 Å². The highest BCUT2D eigenvalue weighted by atomic mass is 35.5. The van der Waals surface area contributed by atoms with Gasteiger partial charge in [-0.2, -0.15) is 0 Å². The van der Waals surface area contributed by atoms with Gasteiger partial charge in [0, 0.05) is 74.0 Å². The van der Waals surface area contributed by atoms with Crippen LogP contribution in [0.1, 0.15) is 40.6 Å². The summed E-state index contributed by atoms with van der Waals surface area (Å²) in [6.07, 6.45) is 3.47. The van der Waals surface area contributed by atoms with E-state index in [-0.39, 0.29) is 11.8 Å². The Morgan fingerprint density at radius 2 is 1.86 bits per heavy atom. The molecule has 1 atom stereocenters. The molecule has 0 spiro atoms. The molecule has 1 aromatic carbocycles. The Kier molecular flexibility index (Phi) is 7.10. The van der Waals surface area contributed by atoms with Gasteiger partial charge in [-0.3, -0.25) is 14.5 Å². The molecule has 36 heavy (non-hydrogen) atoms. The molecule has 2 N–H and O–H groups in total. The summed E-state index contributed by atoms with van der Waals surface area (Å²) in [7, 11) is 1.59. The highest BCUT2D eigenvalue weighted by Crippen LogP contribution is 2.29. The molecular weight excluding hydrogens is 499 g/mol. The molecule has 0 saturated carbocycles. The summed E-state index contributed by atoms with van der Waals surface area (Å²) in [4.78, 5) is 39.4. The Hall–Kier alpha value is -2.81. The monoisotopic (exact) mass is 528 g/mol. The lowest BCUT2D eigenvalue weighted by atomic mass is 9.99. The van der Waals surface area contributed by atoms with Crippen LogP contribution in [0.25, 0.3) is 10.9 Å². The quantitative estimate of drug-likeness (QED) is 0.533. The third kappa shape index (κ3) is 4.90. The van der Waals surface area contributed by atoms with E-state index in [4.69, 9.17) is 23.2 Å². The van der Waals surface area contributed by atoms with Gasteiger partial charge in [-0.25, -0.2) is 4.98 Å². The first-order chi connectivity index (χ1) is 17.3. The van der Waals surface area contributed by atoms with Gasteiger partial charge in [0.15, 0.2) is 0 Å². The number of aromatic nitrogens is 2. The maximum absolute atomic E-state index is 13.1. The van der Waals surface area contributed by atoms with E-state index in [0.717, 1.165) is 62.3 Å². The van der Waals surface area contributed by atoms with Gasteiger partial charge < -0.3 is 20.1 Å². The number of pyridine rings is 1. The highest BCUT2D eigenvalue weighted by Gasteiger charge is 2.34. The van der Waals surface area contributed by atoms with Crippen molar-refractivity contribution >= 4 is 51.7 Å². The highest BCUT2D eigenvalue weighted by molar-refractivity contribution is 6.33. The van der Waals surface area contributed by atoms with Crippen molar-refractivity contribution in [1.29, 1.82) is 0 Å². The first-order valence-corrected chi connectivity index (χ1v) is 13.1. The second-order valence-corrected chi connectivity index (χ2v) is 10.4. The van der Waals surface area contributed by atoms with Crippen molar-refractivity contribution in [3.8, 4) is 0 Å². The molecule has 2 aromatic heterocycles. The van der Waals surface area contributed by atoms with E-state index in [9.17, 15) is 9.59 Å². The summed E-state index contributed by atoms with van der Waals surface area (Å²) < 4.78 is 0. The van der Waals surface area contributed by atoms with Crippen LogP contribution in [-0.4, -0.2) is 83.4 Å². The molecule has 2 aliphatic rings. The molecule has 8 nitrogen and oxygen atoms in total. The SMILES string of the molecule is CNC(=O)c1cnc(N2CCN(C3CCN(C(=O)c4cc5cc(Cl)ccc5[nH]4)CC3)[C@@H](C)C2)c(Cl)c1. The van der Waals surface area contributed by atoms with Crippen molar-refractivity contribution < 1.29 is 9.59 Å². The van der Waals surface area contributed by atoms with Crippen LogP contribution in [0.15, 0.2) is 36.5 Å². The molecule has 4 heterocycles. The predicted molar refractivity (Wildman–Crippen MR) is 143 cm³/mol. The van der Waals surface area contributed by atoms with Crippen LogP contribution in [0.4, 0.5) is 5.82 Å². The van der Waals surface area contributed by atoms with Crippen molar-refractivity contribution in [2.24, 2.45) is 0 Å². The Balaban J connectivity index is 1.18. The second kappa shape index (κ2) is 10.3. The first kappa shape index (κ1) is 24.9. The lowest BCUT2D eigenvalue weighted by Gasteiger charge is -2.46. The molecule has 2 aliphatic heterocycles. The maximum Gasteiger partial charge on any atom is 0.270 e. The van der Waals surface area contributed by atoms with Crippen molar-refractivity contribution in [2.45, 2.75) is 31.8 Å². The van der Waals surface area contributed by atoms with E-state index >= 15 is 0 Å². The number of piperidine rings is 1. The summed E-state index contributed by atoms with van der Waals surface area (Å²) in [6.45, 7) is 6.22. The van der Waals surface area contributed by atoms with Crippen molar-refractivity contribution in [1.82, 2.24) is 25.1 Å². The molecule has 0 aliphatic carbocycles. The molecule has 2 fully saturated rings. The molecule has 0 radical (unpaired) electrons. The predicted octanol–water partition coefficient (Wildman–Crippen LogP) is 4.04. The van der Waals surface area contributed by atoms with Gasteiger partial charge in [0.25, 0.3) is 11.8 Å². The van der Waals surface area contributed by atoms with E-state index in [1.54, 1.807) is 19.3 Å². The smallest absolute Gasteiger partial charge is 0.270 e. The van der Waals surface area contributed by atoms with Crippen molar-refractivity contribution in [2.75, 3.05) is 44.7 Å². The molecule has 3 aromatic rings. The number of anilines is 1. The number of hydrogen-bond acceptors (Lipinski definition) is 5. The van der Waals surface area contributed by atoms with Crippen molar-refractivity contribution in [3.63, 3.8) is 0 Å². The van der Waals surface area contributed by atoms with E-state index in [1.807, 2.05) is 29.2 Å². The summed E-state index contributed by atoms with van der Waals surface area (Å²) in [5, 5.41) is 4.69. The minimum atomic E-state index is -0.201. The number of hydrogen-bond donors (Lipinski definition) is 2. The lowest BCUT2D eigenvalue weighted by Crippen LogP contribution is -2.58. The van der Waals surface area contributed by atoms with Crippen LogP contribution in [0, 0.1) is 0 Å². The molecule has 0 bridgehead atoms. The number of carbonyl (C=O) groups is 2. The number of nitrogens with zero attached hydrogens (tertiary/aromatic N) is 4. The Labute approximate surface area is 220 Å². The summed E-state index contributed by atoms with van der Waals surface area (Å²) in [5.41, 5.74) is 1.98. The minimum Gasteiger partial charge on any atom is -0.355 e. The fourth-order valence-electron chi connectivity index (χ4n) is 5.43. The van der Waals surface area contributed by atoms with Gasteiger partial charge >= 0.3 is 0 Å². The average molecular weight is 529 g/mol. The standard InChI is InChI=1S/C26H30Cl2N6O2/c1-16-15-33(24-21(28)12-18(14-30-24)25(35)29-2)9-10-34(16)20-5-7-32(8-6-20)26(36)23-13-17-11-19(27)3-4-22(17)31-23/h3-4,11-14,16,20,31H,5-10,15H2,1-2H3,(H,29,35)/t16-/m0/s1. The number of carbonyl (C=O) groups excluding carboxylic acids is 2.